The molecule has 4 N–H and O–H groups in total. The van der Waals surface area contributed by atoms with E-state index in [0.717, 1.165) is 23.8 Å². The summed E-state index contributed by atoms with van der Waals surface area (Å²) >= 11 is 0. The summed E-state index contributed by atoms with van der Waals surface area (Å²) in [5, 5.41) is 3.21. The van der Waals surface area contributed by atoms with E-state index in [1.807, 2.05) is 48.9 Å². The second-order valence-corrected chi connectivity index (χ2v) is 8.25. The van der Waals surface area contributed by atoms with Crippen molar-refractivity contribution in [1.29, 1.82) is 0 Å². The second-order valence-electron chi connectivity index (χ2n) is 6.50. The van der Waals surface area contributed by atoms with Gasteiger partial charge in [0.2, 0.25) is 10.0 Å². The summed E-state index contributed by atoms with van der Waals surface area (Å²) in [7, 11) is -3.63. The molecule has 26 heavy (non-hydrogen) atoms. The predicted octanol–water partition coefficient (Wildman–Crippen LogP) is 2.36. The molecule has 7 heteroatoms. The molecular formula is C19H25N3O3S. The molecule has 0 fully saturated rings. The standard InChI is InChI=1S/C19H25N3O3S/c1-13(2)21-18-12-16(15-6-4-14(5-7-15)10-11-20)8-9-17(18)19(23)22-26(3,24)25/h4-9,12-13,21H,10-11,20H2,1-3H3,(H,22,23). The van der Waals surface area contributed by atoms with Gasteiger partial charge < -0.3 is 11.1 Å². The highest BCUT2D eigenvalue weighted by molar-refractivity contribution is 7.89. The van der Waals surface area contributed by atoms with Gasteiger partial charge in [-0.05, 0) is 55.6 Å². The van der Waals surface area contributed by atoms with Crippen molar-refractivity contribution in [3.8, 4) is 11.1 Å². The van der Waals surface area contributed by atoms with Crippen LogP contribution in [0.15, 0.2) is 42.5 Å². The highest BCUT2D eigenvalue weighted by Crippen LogP contribution is 2.27. The average Bonchev–Trinajstić information content (AvgIpc) is 2.53. The van der Waals surface area contributed by atoms with Crippen LogP contribution < -0.4 is 15.8 Å². The normalized spacial score (nSPS) is 11.4. The number of anilines is 1. The molecule has 2 aromatic carbocycles. The Morgan fingerprint density at radius 1 is 1.08 bits per heavy atom. The number of benzene rings is 2. The summed E-state index contributed by atoms with van der Waals surface area (Å²) in [5.74, 6) is -0.652. The van der Waals surface area contributed by atoms with E-state index in [0.29, 0.717) is 12.2 Å². The Hall–Kier alpha value is -2.38. The maximum Gasteiger partial charge on any atom is 0.266 e. The Morgan fingerprint density at radius 2 is 1.69 bits per heavy atom. The number of sulfonamides is 1. The van der Waals surface area contributed by atoms with Crippen LogP contribution in [0.4, 0.5) is 5.69 Å². The topological polar surface area (TPSA) is 101 Å². The molecule has 0 heterocycles. The van der Waals surface area contributed by atoms with Crippen molar-refractivity contribution in [3.05, 3.63) is 53.6 Å². The molecule has 0 saturated carbocycles. The van der Waals surface area contributed by atoms with Crippen LogP contribution in [-0.2, 0) is 16.4 Å². The van der Waals surface area contributed by atoms with Crippen molar-refractivity contribution < 1.29 is 13.2 Å². The Kier molecular flexibility index (Phi) is 6.39. The summed E-state index contributed by atoms with van der Waals surface area (Å²) in [5.41, 5.74) is 9.56. The molecule has 0 unspecified atom stereocenters. The minimum Gasteiger partial charge on any atom is -0.382 e. The van der Waals surface area contributed by atoms with Crippen LogP contribution in [0.25, 0.3) is 11.1 Å². The van der Waals surface area contributed by atoms with Crippen LogP contribution in [0.5, 0.6) is 0 Å². The van der Waals surface area contributed by atoms with Crippen molar-refractivity contribution in [1.82, 2.24) is 4.72 Å². The monoisotopic (exact) mass is 375 g/mol. The van der Waals surface area contributed by atoms with Crippen molar-refractivity contribution in [3.63, 3.8) is 0 Å². The lowest BCUT2D eigenvalue weighted by atomic mass is 10.00. The molecule has 0 spiro atoms. The van der Waals surface area contributed by atoms with Gasteiger partial charge >= 0.3 is 0 Å². The third-order valence-corrected chi connectivity index (χ3v) is 4.26. The number of amides is 1. The van der Waals surface area contributed by atoms with Crippen molar-refractivity contribution >= 4 is 21.6 Å². The smallest absolute Gasteiger partial charge is 0.266 e. The van der Waals surface area contributed by atoms with Gasteiger partial charge in [0, 0.05) is 11.7 Å². The summed E-state index contributed by atoms with van der Waals surface area (Å²) in [6.45, 7) is 4.50. The highest BCUT2D eigenvalue weighted by atomic mass is 32.2. The van der Waals surface area contributed by atoms with E-state index in [-0.39, 0.29) is 11.6 Å². The molecule has 0 aliphatic heterocycles. The van der Waals surface area contributed by atoms with E-state index < -0.39 is 15.9 Å². The molecule has 2 aromatic rings. The second kappa shape index (κ2) is 8.33. The summed E-state index contributed by atoms with van der Waals surface area (Å²) in [6, 6.07) is 13.5. The van der Waals surface area contributed by atoms with Crippen LogP contribution in [-0.4, -0.2) is 33.2 Å². The van der Waals surface area contributed by atoms with Gasteiger partial charge in [0.15, 0.2) is 0 Å². The number of rotatable bonds is 7. The number of carbonyl (C=O) groups excluding carboxylic acids is 1. The van der Waals surface area contributed by atoms with Crippen LogP contribution in [0.1, 0.15) is 29.8 Å². The van der Waals surface area contributed by atoms with Gasteiger partial charge in [-0.15, -0.1) is 0 Å². The molecule has 0 saturated heterocycles. The lowest BCUT2D eigenvalue weighted by Gasteiger charge is -2.16. The molecule has 0 aromatic heterocycles. The first kappa shape index (κ1) is 19.9. The molecule has 0 aliphatic rings. The Labute approximate surface area is 154 Å². The molecule has 140 valence electrons. The quantitative estimate of drug-likeness (QED) is 0.690. The van der Waals surface area contributed by atoms with Gasteiger partial charge in [-0.1, -0.05) is 30.3 Å². The third-order valence-electron chi connectivity index (χ3n) is 3.71. The Balaban J connectivity index is 2.39. The maximum absolute atomic E-state index is 12.3. The molecular weight excluding hydrogens is 350 g/mol. The van der Waals surface area contributed by atoms with Crippen molar-refractivity contribution in [2.75, 3.05) is 18.1 Å². The first-order valence-electron chi connectivity index (χ1n) is 8.41. The molecule has 0 aliphatic carbocycles. The first-order valence-corrected chi connectivity index (χ1v) is 10.3. The van der Waals surface area contributed by atoms with E-state index in [9.17, 15) is 13.2 Å². The zero-order valence-corrected chi connectivity index (χ0v) is 16.1. The summed E-state index contributed by atoms with van der Waals surface area (Å²) in [6.07, 6.45) is 1.78. The largest absolute Gasteiger partial charge is 0.382 e. The SMILES string of the molecule is CC(C)Nc1cc(-c2ccc(CCN)cc2)ccc1C(=O)NS(C)(=O)=O. The third kappa shape index (κ3) is 5.57. The first-order chi connectivity index (χ1) is 12.2. The summed E-state index contributed by atoms with van der Waals surface area (Å²) in [4.78, 5) is 12.3. The molecule has 1 amide bonds. The predicted molar refractivity (Wildman–Crippen MR) is 106 cm³/mol. The minimum absolute atomic E-state index is 0.0852. The molecule has 0 bridgehead atoms. The van der Waals surface area contributed by atoms with E-state index in [2.05, 4.69) is 5.32 Å². The van der Waals surface area contributed by atoms with Crippen LogP contribution in [0, 0.1) is 0 Å². The van der Waals surface area contributed by atoms with Crippen molar-refractivity contribution in [2.24, 2.45) is 5.73 Å². The van der Waals surface area contributed by atoms with Gasteiger partial charge in [0.1, 0.15) is 0 Å². The highest BCUT2D eigenvalue weighted by Gasteiger charge is 2.16. The molecule has 6 nitrogen and oxygen atoms in total. The van der Waals surface area contributed by atoms with Crippen LogP contribution in [0.2, 0.25) is 0 Å². The van der Waals surface area contributed by atoms with E-state index in [1.54, 1.807) is 12.1 Å². The Morgan fingerprint density at radius 3 is 2.23 bits per heavy atom. The number of hydrogen-bond donors (Lipinski definition) is 3. The van der Waals surface area contributed by atoms with E-state index in [4.69, 9.17) is 5.73 Å². The zero-order chi connectivity index (χ0) is 19.3. The maximum atomic E-state index is 12.3. The number of nitrogens with two attached hydrogens (primary N) is 1. The van der Waals surface area contributed by atoms with Crippen LogP contribution >= 0.6 is 0 Å². The molecule has 2 rings (SSSR count). The van der Waals surface area contributed by atoms with Gasteiger partial charge in [-0.25, -0.2) is 13.1 Å². The van der Waals surface area contributed by atoms with E-state index >= 15 is 0 Å². The summed E-state index contributed by atoms with van der Waals surface area (Å²) < 4.78 is 24.7. The fourth-order valence-corrected chi connectivity index (χ4v) is 3.05. The number of hydrogen-bond acceptors (Lipinski definition) is 5. The lowest BCUT2D eigenvalue weighted by molar-refractivity contribution is 0.0982. The van der Waals surface area contributed by atoms with Gasteiger partial charge in [0.05, 0.1) is 11.8 Å². The van der Waals surface area contributed by atoms with Crippen molar-refractivity contribution in [2.45, 2.75) is 26.3 Å². The van der Waals surface area contributed by atoms with Gasteiger partial charge in [-0.2, -0.15) is 0 Å². The number of carbonyl (C=O) groups is 1. The molecule has 0 atom stereocenters. The fourth-order valence-electron chi connectivity index (χ4n) is 2.61. The van der Waals surface area contributed by atoms with Crippen LogP contribution in [0.3, 0.4) is 0 Å². The van der Waals surface area contributed by atoms with E-state index in [1.165, 1.54) is 5.56 Å². The average molecular weight is 375 g/mol. The fraction of sp³-hybridized carbons (Fsp3) is 0.316. The minimum atomic E-state index is -3.63. The zero-order valence-electron chi connectivity index (χ0n) is 15.2. The lowest BCUT2D eigenvalue weighted by Crippen LogP contribution is -2.30. The van der Waals surface area contributed by atoms with Gasteiger partial charge in [-0.3, -0.25) is 4.79 Å². The molecule has 0 radical (unpaired) electrons. The number of nitrogens with one attached hydrogen (secondary N) is 2. The Bertz CT molecular complexity index is 875. The van der Waals surface area contributed by atoms with Gasteiger partial charge in [0.25, 0.3) is 5.91 Å².